The smallest absolute Gasteiger partial charge is 0.358 e. The van der Waals surface area contributed by atoms with Gasteiger partial charge >= 0.3 is 19.5 Å². The molecule has 0 atom stereocenters. The summed E-state index contributed by atoms with van der Waals surface area (Å²) in [6.07, 6.45) is 0.418. The molecule has 0 saturated carbocycles. The Morgan fingerprint density at radius 2 is 1.52 bits per heavy atom. The Morgan fingerprint density at radius 1 is 0.966 bits per heavy atom. The van der Waals surface area contributed by atoms with Crippen LogP contribution in [0.2, 0.25) is 0 Å². The first-order valence-corrected chi connectivity index (χ1v) is 10.7. The Hall–Kier alpha value is -2.41. The largest absolute Gasteiger partial charge is 0.506 e. The fourth-order valence-corrected chi connectivity index (χ4v) is 5.10. The number of aryl methyl sites for hydroxylation is 1. The number of carbonyl (C=O) groups is 2. The quantitative estimate of drug-likeness (QED) is 0.521. The molecule has 1 aliphatic rings. The molecule has 1 aliphatic carbocycles. The van der Waals surface area contributed by atoms with E-state index in [0.717, 1.165) is 14.2 Å². The van der Waals surface area contributed by atoms with Crippen LogP contribution in [-0.4, -0.2) is 44.5 Å². The highest BCUT2D eigenvalue weighted by atomic mass is 31.2. The molecule has 0 fully saturated rings. The van der Waals surface area contributed by atoms with Crippen LogP contribution in [0.15, 0.2) is 40.7 Å². The third-order valence-corrected chi connectivity index (χ3v) is 6.69. The third-order valence-electron chi connectivity index (χ3n) is 4.39. The molecule has 0 bridgehead atoms. The van der Waals surface area contributed by atoms with Gasteiger partial charge in [0.1, 0.15) is 11.3 Å². The predicted octanol–water partition coefficient (Wildman–Crippen LogP) is 3.77. The van der Waals surface area contributed by atoms with Gasteiger partial charge in [-0.3, -0.25) is 4.57 Å². The number of rotatable bonds is 7. The topological polar surface area (TPSA) is 108 Å². The van der Waals surface area contributed by atoms with Gasteiger partial charge in [0.15, 0.2) is 0 Å². The van der Waals surface area contributed by atoms with Crippen LogP contribution in [0.5, 0.6) is 0 Å². The highest BCUT2D eigenvalue weighted by Crippen LogP contribution is 2.60. The van der Waals surface area contributed by atoms with Crippen molar-refractivity contribution in [3.05, 3.63) is 51.9 Å². The highest BCUT2D eigenvalue weighted by Gasteiger charge is 2.40. The maximum atomic E-state index is 13.6. The molecule has 0 spiro atoms. The SMILES string of the molecule is CCOP(=O)(OCC)/C1=C(C(=O)OC)/C(C(=O)OC)=C(/O)c2ccccc2CC1. The Morgan fingerprint density at radius 3 is 2.07 bits per heavy atom. The first kappa shape index (κ1) is 22.9. The van der Waals surface area contributed by atoms with Crippen molar-refractivity contribution in [3.8, 4) is 0 Å². The van der Waals surface area contributed by atoms with Crippen molar-refractivity contribution in [1.29, 1.82) is 0 Å². The number of aliphatic hydroxyl groups is 1. The second-order valence-corrected chi connectivity index (χ2v) is 8.07. The van der Waals surface area contributed by atoms with Crippen molar-refractivity contribution < 1.29 is 37.8 Å². The van der Waals surface area contributed by atoms with Gasteiger partial charge in [-0.2, -0.15) is 0 Å². The van der Waals surface area contributed by atoms with Gasteiger partial charge in [0, 0.05) is 5.56 Å². The molecule has 0 unspecified atom stereocenters. The number of allylic oxidation sites excluding steroid dienone is 1. The zero-order chi connectivity index (χ0) is 21.6. The minimum Gasteiger partial charge on any atom is -0.506 e. The number of methoxy groups -OCH3 is 2. The average Bonchev–Trinajstić information content (AvgIpc) is 2.71. The third kappa shape index (κ3) is 4.61. The summed E-state index contributed by atoms with van der Waals surface area (Å²) in [7, 11) is -1.72. The number of hydrogen-bond acceptors (Lipinski definition) is 8. The number of aliphatic hydroxyl groups excluding tert-OH is 1. The monoisotopic (exact) mass is 424 g/mol. The van der Waals surface area contributed by atoms with Gasteiger partial charge in [0.05, 0.1) is 38.3 Å². The standard InChI is InChI=1S/C20H25O8P/c1-5-27-29(24,28-6-2)15-12-11-13-9-7-8-10-14(13)18(21)17(20(23)26-4)16(15)19(22)25-3/h7-10,21H,5-6,11-12H2,1-4H3/b16-15-,18-17-. The molecule has 0 heterocycles. The van der Waals surface area contributed by atoms with Crippen LogP contribution < -0.4 is 0 Å². The maximum absolute atomic E-state index is 13.6. The summed E-state index contributed by atoms with van der Waals surface area (Å²) in [5.41, 5.74) is 0.265. The number of hydrogen-bond donors (Lipinski definition) is 1. The van der Waals surface area contributed by atoms with Gasteiger partial charge in [0.25, 0.3) is 0 Å². The first-order chi connectivity index (χ1) is 13.8. The van der Waals surface area contributed by atoms with E-state index < -0.39 is 30.9 Å². The zero-order valence-electron chi connectivity index (χ0n) is 16.9. The van der Waals surface area contributed by atoms with Crippen molar-refractivity contribution in [2.75, 3.05) is 27.4 Å². The number of fused-ring (bicyclic) bond motifs is 1. The second kappa shape index (κ2) is 9.87. The average molecular weight is 424 g/mol. The van der Waals surface area contributed by atoms with Crippen LogP contribution in [0.3, 0.4) is 0 Å². The Labute approximate surface area is 169 Å². The van der Waals surface area contributed by atoms with E-state index in [2.05, 4.69) is 0 Å². The van der Waals surface area contributed by atoms with Crippen molar-refractivity contribution in [2.45, 2.75) is 26.7 Å². The van der Waals surface area contributed by atoms with Gasteiger partial charge in [-0.15, -0.1) is 0 Å². The molecule has 1 aromatic carbocycles. The first-order valence-electron chi connectivity index (χ1n) is 9.15. The summed E-state index contributed by atoms with van der Waals surface area (Å²) in [6, 6.07) is 6.87. The molecule has 0 radical (unpaired) electrons. The van der Waals surface area contributed by atoms with E-state index in [1.54, 1.807) is 38.1 Å². The van der Waals surface area contributed by atoms with E-state index in [9.17, 15) is 19.3 Å². The predicted molar refractivity (Wildman–Crippen MR) is 106 cm³/mol. The number of ether oxygens (including phenoxy) is 2. The molecule has 0 aromatic heterocycles. The maximum Gasteiger partial charge on any atom is 0.358 e. The number of benzene rings is 1. The molecule has 1 N–H and O–H groups in total. The van der Waals surface area contributed by atoms with Crippen LogP contribution in [0.1, 0.15) is 31.4 Å². The number of carbonyl (C=O) groups excluding carboxylic acids is 2. The van der Waals surface area contributed by atoms with Crippen LogP contribution in [0.4, 0.5) is 0 Å². The molecule has 0 saturated heterocycles. The van der Waals surface area contributed by atoms with Crippen LogP contribution in [0.25, 0.3) is 5.76 Å². The van der Waals surface area contributed by atoms with E-state index in [4.69, 9.17) is 18.5 Å². The molecule has 0 aliphatic heterocycles. The van der Waals surface area contributed by atoms with E-state index in [1.807, 2.05) is 0 Å². The molecule has 0 amide bonds. The Bertz CT molecular complexity index is 889. The Kier molecular flexibility index (Phi) is 7.79. The summed E-state index contributed by atoms with van der Waals surface area (Å²) in [5, 5.41) is 10.9. The molecular weight excluding hydrogens is 399 g/mol. The number of esters is 2. The van der Waals surface area contributed by atoms with E-state index in [0.29, 0.717) is 17.5 Å². The lowest BCUT2D eigenvalue weighted by molar-refractivity contribution is -0.139. The van der Waals surface area contributed by atoms with Crippen molar-refractivity contribution in [3.63, 3.8) is 0 Å². The fraction of sp³-hybridized carbons (Fsp3) is 0.400. The summed E-state index contributed by atoms with van der Waals surface area (Å²) >= 11 is 0. The molecule has 158 valence electrons. The normalized spacial score (nSPS) is 19.7. The zero-order valence-corrected chi connectivity index (χ0v) is 17.8. The molecule has 29 heavy (non-hydrogen) atoms. The summed E-state index contributed by atoms with van der Waals surface area (Å²) in [5.74, 6) is -2.40. The van der Waals surface area contributed by atoms with E-state index >= 15 is 0 Å². The van der Waals surface area contributed by atoms with Gasteiger partial charge in [0.2, 0.25) is 0 Å². The molecule has 2 rings (SSSR count). The second-order valence-electron chi connectivity index (χ2n) is 6.02. The van der Waals surface area contributed by atoms with E-state index in [1.165, 1.54) is 0 Å². The highest BCUT2D eigenvalue weighted by molar-refractivity contribution is 7.58. The van der Waals surface area contributed by atoms with Crippen LogP contribution >= 0.6 is 7.60 Å². The van der Waals surface area contributed by atoms with Crippen LogP contribution in [-0.2, 0) is 39.1 Å². The van der Waals surface area contributed by atoms with Gasteiger partial charge in [-0.1, -0.05) is 24.3 Å². The van der Waals surface area contributed by atoms with E-state index in [-0.39, 0.29) is 30.5 Å². The van der Waals surface area contributed by atoms with Crippen molar-refractivity contribution >= 4 is 25.3 Å². The van der Waals surface area contributed by atoms with Crippen LogP contribution in [0, 0.1) is 0 Å². The molecule has 1 aromatic rings. The summed E-state index contributed by atoms with van der Waals surface area (Å²) < 4.78 is 34.1. The minimum atomic E-state index is -3.97. The lowest BCUT2D eigenvalue weighted by atomic mass is 9.91. The lowest BCUT2D eigenvalue weighted by Gasteiger charge is -2.25. The van der Waals surface area contributed by atoms with Gasteiger partial charge in [-0.05, 0) is 32.3 Å². The molecule has 9 heteroatoms. The minimum absolute atomic E-state index is 0.0329. The molecule has 8 nitrogen and oxygen atoms in total. The van der Waals surface area contributed by atoms with Crippen molar-refractivity contribution in [2.24, 2.45) is 0 Å². The Balaban J connectivity index is 2.95. The summed E-state index contributed by atoms with van der Waals surface area (Å²) in [4.78, 5) is 25.3. The molecular formula is C20H25O8P. The fourth-order valence-electron chi connectivity index (χ4n) is 3.17. The lowest BCUT2D eigenvalue weighted by Crippen LogP contribution is -2.21. The van der Waals surface area contributed by atoms with Crippen molar-refractivity contribution in [1.82, 2.24) is 0 Å². The van der Waals surface area contributed by atoms with Gasteiger partial charge in [-0.25, -0.2) is 9.59 Å². The van der Waals surface area contributed by atoms with Gasteiger partial charge < -0.3 is 23.6 Å². The summed E-state index contributed by atoms with van der Waals surface area (Å²) in [6.45, 7) is 3.37.